The first-order valence-corrected chi connectivity index (χ1v) is 9.68. The molecule has 0 aliphatic heterocycles. The van der Waals surface area contributed by atoms with Gasteiger partial charge in [-0.05, 0) is 37.8 Å². The number of benzene rings is 2. The first kappa shape index (κ1) is 20.7. The smallest absolute Gasteiger partial charge is 0.242 e. The molecular formula is C23H30N2O2. The summed E-state index contributed by atoms with van der Waals surface area (Å²) in [4.78, 5) is 27.2. The van der Waals surface area contributed by atoms with E-state index in [4.69, 9.17) is 0 Å². The van der Waals surface area contributed by atoms with Gasteiger partial charge in [0.15, 0.2) is 0 Å². The van der Waals surface area contributed by atoms with Crippen LogP contribution in [-0.2, 0) is 22.4 Å². The van der Waals surface area contributed by atoms with E-state index >= 15 is 0 Å². The summed E-state index contributed by atoms with van der Waals surface area (Å²) in [6.07, 6.45) is 1.91. The van der Waals surface area contributed by atoms with Gasteiger partial charge in [0.1, 0.15) is 6.04 Å². The lowest BCUT2D eigenvalue weighted by Gasteiger charge is -2.29. The van der Waals surface area contributed by atoms with Gasteiger partial charge in [-0.25, -0.2) is 0 Å². The third-order valence-electron chi connectivity index (χ3n) is 4.64. The van der Waals surface area contributed by atoms with Gasteiger partial charge < -0.3 is 10.2 Å². The Hall–Kier alpha value is -2.62. The zero-order valence-corrected chi connectivity index (χ0v) is 16.6. The van der Waals surface area contributed by atoms with Crippen molar-refractivity contribution < 1.29 is 9.59 Å². The molecule has 0 saturated carbocycles. The fraction of sp³-hybridized carbons (Fsp3) is 0.391. The van der Waals surface area contributed by atoms with Gasteiger partial charge in [-0.2, -0.15) is 0 Å². The highest BCUT2D eigenvalue weighted by atomic mass is 16.2. The van der Waals surface area contributed by atoms with Crippen LogP contribution in [0.3, 0.4) is 0 Å². The summed E-state index contributed by atoms with van der Waals surface area (Å²) in [6.45, 7) is 6.99. The van der Waals surface area contributed by atoms with Crippen molar-refractivity contribution in [3.63, 3.8) is 0 Å². The van der Waals surface area contributed by atoms with Gasteiger partial charge in [-0.15, -0.1) is 0 Å². The molecule has 0 aromatic heterocycles. The van der Waals surface area contributed by atoms with Gasteiger partial charge >= 0.3 is 0 Å². The minimum Gasteiger partial charge on any atom is -0.354 e. The van der Waals surface area contributed by atoms with Crippen molar-refractivity contribution in [2.45, 2.75) is 46.1 Å². The second kappa shape index (κ2) is 10.5. The second-order valence-corrected chi connectivity index (χ2v) is 6.96. The van der Waals surface area contributed by atoms with Crippen LogP contribution in [0.2, 0.25) is 0 Å². The van der Waals surface area contributed by atoms with Crippen molar-refractivity contribution in [1.82, 2.24) is 10.2 Å². The van der Waals surface area contributed by atoms with E-state index in [1.54, 1.807) is 4.90 Å². The van der Waals surface area contributed by atoms with Crippen molar-refractivity contribution in [3.05, 3.63) is 71.3 Å². The van der Waals surface area contributed by atoms with Crippen molar-refractivity contribution in [2.75, 3.05) is 13.1 Å². The Morgan fingerprint density at radius 3 is 2.41 bits per heavy atom. The van der Waals surface area contributed by atoms with E-state index in [2.05, 4.69) is 5.32 Å². The third kappa shape index (κ3) is 6.55. The van der Waals surface area contributed by atoms with Crippen LogP contribution in [-0.4, -0.2) is 35.8 Å². The fourth-order valence-corrected chi connectivity index (χ4v) is 3.06. The maximum atomic E-state index is 13.0. The molecule has 0 unspecified atom stereocenters. The van der Waals surface area contributed by atoms with Crippen LogP contribution in [0.25, 0.3) is 0 Å². The molecule has 27 heavy (non-hydrogen) atoms. The van der Waals surface area contributed by atoms with E-state index in [0.29, 0.717) is 19.5 Å². The highest BCUT2D eigenvalue weighted by Crippen LogP contribution is 2.11. The highest BCUT2D eigenvalue weighted by molar-refractivity contribution is 5.88. The predicted molar refractivity (Wildman–Crippen MR) is 110 cm³/mol. The normalized spacial score (nSPS) is 11.7. The number of carbonyl (C=O) groups is 2. The van der Waals surface area contributed by atoms with Crippen LogP contribution < -0.4 is 5.32 Å². The van der Waals surface area contributed by atoms with Gasteiger partial charge in [-0.3, -0.25) is 9.59 Å². The van der Waals surface area contributed by atoms with Crippen LogP contribution in [0.1, 0.15) is 37.0 Å². The van der Waals surface area contributed by atoms with E-state index in [9.17, 15) is 9.59 Å². The van der Waals surface area contributed by atoms with Crippen molar-refractivity contribution in [2.24, 2.45) is 0 Å². The summed E-state index contributed by atoms with van der Waals surface area (Å²) in [6, 6.07) is 17.5. The Balaban J connectivity index is 2.11. The van der Waals surface area contributed by atoms with Gasteiger partial charge in [-0.1, -0.05) is 67.1 Å². The molecule has 1 atom stereocenters. The molecule has 0 bridgehead atoms. The number of nitrogens with zero attached hydrogens (tertiary/aromatic N) is 1. The largest absolute Gasteiger partial charge is 0.354 e. The molecule has 4 nitrogen and oxygen atoms in total. The number of hydrogen-bond donors (Lipinski definition) is 1. The molecule has 0 aliphatic rings. The molecule has 2 rings (SSSR count). The molecule has 4 heteroatoms. The Labute approximate surface area is 162 Å². The predicted octanol–water partition coefficient (Wildman–Crippen LogP) is 3.52. The zero-order chi connectivity index (χ0) is 19.6. The molecule has 0 radical (unpaired) electrons. The monoisotopic (exact) mass is 366 g/mol. The number of amides is 2. The Bertz CT molecular complexity index is 743. The summed E-state index contributed by atoms with van der Waals surface area (Å²) in [7, 11) is 0. The molecule has 0 spiro atoms. The fourth-order valence-electron chi connectivity index (χ4n) is 3.06. The topological polar surface area (TPSA) is 49.4 Å². The number of carbonyl (C=O) groups excluding carboxylic acids is 2. The van der Waals surface area contributed by atoms with Crippen LogP contribution in [0.15, 0.2) is 54.6 Å². The molecule has 0 fully saturated rings. The number of rotatable bonds is 9. The maximum Gasteiger partial charge on any atom is 0.242 e. The zero-order valence-electron chi connectivity index (χ0n) is 16.6. The summed E-state index contributed by atoms with van der Waals surface area (Å²) >= 11 is 0. The molecule has 1 N–H and O–H groups in total. The molecule has 2 aromatic carbocycles. The van der Waals surface area contributed by atoms with Crippen LogP contribution >= 0.6 is 0 Å². The first-order valence-electron chi connectivity index (χ1n) is 9.68. The third-order valence-corrected chi connectivity index (χ3v) is 4.64. The van der Waals surface area contributed by atoms with Gasteiger partial charge in [0.25, 0.3) is 0 Å². The van der Waals surface area contributed by atoms with E-state index in [1.165, 1.54) is 0 Å². The minimum absolute atomic E-state index is 0.0179. The first-order chi connectivity index (χ1) is 13.0. The number of nitrogens with one attached hydrogen (secondary N) is 1. The lowest BCUT2D eigenvalue weighted by atomic mass is 10.1. The summed E-state index contributed by atoms with van der Waals surface area (Å²) in [5.41, 5.74) is 3.27. The molecule has 0 saturated heterocycles. The van der Waals surface area contributed by atoms with Gasteiger partial charge in [0.05, 0.1) is 6.42 Å². The lowest BCUT2D eigenvalue weighted by Crippen LogP contribution is -2.49. The SMILES string of the molecule is CCCNC(=O)[C@@H](C)N(CCc1ccccc1)C(=O)Cc1cccc(C)c1. The van der Waals surface area contributed by atoms with Crippen LogP contribution in [0.4, 0.5) is 0 Å². The van der Waals surface area contributed by atoms with E-state index < -0.39 is 6.04 Å². The Kier molecular flexibility index (Phi) is 8.05. The summed E-state index contributed by atoms with van der Waals surface area (Å²) in [5, 5.41) is 2.91. The van der Waals surface area contributed by atoms with Gasteiger partial charge in [0, 0.05) is 13.1 Å². The van der Waals surface area contributed by atoms with Crippen molar-refractivity contribution in [1.29, 1.82) is 0 Å². The van der Waals surface area contributed by atoms with E-state index in [-0.39, 0.29) is 11.8 Å². The highest BCUT2D eigenvalue weighted by Gasteiger charge is 2.25. The molecule has 0 aliphatic carbocycles. The lowest BCUT2D eigenvalue weighted by molar-refractivity contribution is -0.139. The molecule has 2 amide bonds. The molecular weight excluding hydrogens is 336 g/mol. The van der Waals surface area contributed by atoms with Crippen molar-refractivity contribution >= 4 is 11.8 Å². The van der Waals surface area contributed by atoms with Crippen LogP contribution in [0, 0.1) is 6.92 Å². The van der Waals surface area contributed by atoms with Gasteiger partial charge in [0.2, 0.25) is 11.8 Å². The average molecular weight is 367 g/mol. The Morgan fingerprint density at radius 2 is 1.74 bits per heavy atom. The second-order valence-electron chi connectivity index (χ2n) is 6.96. The average Bonchev–Trinajstić information content (AvgIpc) is 2.67. The maximum absolute atomic E-state index is 13.0. The molecule has 2 aromatic rings. The number of hydrogen-bond acceptors (Lipinski definition) is 2. The Morgan fingerprint density at radius 1 is 1.04 bits per heavy atom. The van der Waals surface area contributed by atoms with E-state index in [0.717, 1.165) is 29.5 Å². The summed E-state index contributed by atoms with van der Waals surface area (Å²) < 4.78 is 0. The molecule has 144 valence electrons. The van der Waals surface area contributed by atoms with Crippen LogP contribution in [0.5, 0.6) is 0 Å². The minimum atomic E-state index is -0.488. The molecule has 0 heterocycles. The number of aryl methyl sites for hydroxylation is 1. The van der Waals surface area contributed by atoms with Crippen molar-refractivity contribution in [3.8, 4) is 0 Å². The quantitative estimate of drug-likeness (QED) is 0.738. The summed E-state index contributed by atoms with van der Waals surface area (Å²) in [5.74, 6) is -0.113. The van der Waals surface area contributed by atoms with E-state index in [1.807, 2.05) is 75.4 Å². The standard InChI is InChI=1S/C23H30N2O2/c1-4-14-24-23(27)19(3)25(15-13-20-10-6-5-7-11-20)22(26)17-21-12-8-9-18(2)16-21/h5-12,16,19H,4,13-15,17H2,1-3H3,(H,24,27)/t19-/m1/s1.